The summed E-state index contributed by atoms with van der Waals surface area (Å²) in [5.41, 5.74) is 4.94. The number of carbonyl (C=O) groups is 1. The van der Waals surface area contributed by atoms with Gasteiger partial charge in [0.1, 0.15) is 29.5 Å². The quantitative estimate of drug-likeness (QED) is 0.523. The Balaban J connectivity index is 1.84. The third kappa shape index (κ3) is 2.84. The van der Waals surface area contributed by atoms with E-state index in [0.717, 1.165) is 0 Å². The van der Waals surface area contributed by atoms with Crippen molar-refractivity contribution >= 4 is 37.0 Å². The predicted molar refractivity (Wildman–Crippen MR) is 129 cm³/mol. The van der Waals surface area contributed by atoms with Crippen LogP contribution in [-0.2, 0) is 24.1 Å². The standard InChI is InChI=1S/C23H33N5O5Si/c1-20(2,3)34(21(4,5)6)32-10-15-23(33-34,22(7,30)11-31-15)28-9-13-14(24)8-16(29)27-18-17(13)19(28)26-12-25-18/h8-9,12,15,30H,10-11,24H2,1-7H3,(H,25,26,27,29). The van der Waals surface area contributed by atoms with Crippen molar-refractivity contribution in [1.29, 1.82) is 0 Å². The zero-order chi connectivity index (χ0) is 24.9. The molecule has 0 bridgehead atoms. The van der Waals surface area contributed by atoms with Gasteiger partial charge in [0.15, 0.2) is 5.72 Å². The lowest BCUT2D eigenvalue weighted by atomic mass is 9.91. The highest BCUT2D eigenvalue weighted by atomic mass is 28.4. The van der Waals surface area contributed by atoms with E-state index in [1.165, 1.54) is 12.4 Å². The molecule has 0 spiro atoms. The van der Waals surface area contributed by atoms with Crippen molar-refractivity contribution < 1.29 is 23.5 Å². The summed E-state index contributed by atoms with van der Waals surface area (Å²) in [6.07, 6.45) is 3.92. The van der Waals surface area contributed by atoms with Crippen LogP contribution in [0.5, 0.6) is 0 Å². The molecule has 1 amide bonds. The second-order valence-electron chi connectivity index (χ2n) is 11.7. The third-order valence-corrected chi connectivity index (χ3v) is 12.4. The highest BCUT2D eigenvalue weighted by Gasteiger charge is 2.73. The van der Waals surface area contributed by atoms with Crippen LogP contribution in [0.2, 0.25) is 10.1 Å². The summed E-state index contributed by atoms with van der Waals surface area (Å²) in [5.74, 6) is -0.00383. The Morgan fingerprint density at radius 2 is 1.91 bits per heavy atom. The number of ether oxygens (including phenoxy) is 1. The summed E-state index contributed by atoms with van der Waals surface area (Å²) in [4.78, 5) is 21.1. The predicted octanol–water partition coefficient (Wildman–Crippen LogP) is 2.57. The molecular formula is C23H33N5O5Si. The summed E-state index contributed by atoms with van der Waals surface area (Å²) in [6.45, 7) is 14.8. The highest BCUT2D eigenvalue weighted by molar-refractivity contribution is 6.73. The van der Waals surface area contributed by atoms with Crippen LogP contribution < -0.4 is 11.1 Å². The number of aliphatic hydroxyl groups is 1. The number of hydrogen-bond acceptors (Lipinski definition) is 8. The first-order valence-electron chi connectivity index (χ1n) is 11.5. The van der Waals surface area contributed by atoms with Crippen LogP contribution in [0.3, 0.4) is 0 Å². The van der Waals surface area contributed by atoms with Crippen LogP contribution in [0.15, 0.2) is 18.6 Å². The molecule has 5 heterocycles. The van der Waals surface area contributed by atoms with Crippen LogP contribution in [0.4, 0.5) is 5.82 Å². The number of rotatable bonds is 1. The second kappa shape index (κ2) is 6.88. The first-order chi connectivity index (χ1) is 15.6. The number of fused-ring (bicyclic) bond motifs is 1. The largest absolute Gasteiger partial charge is 0.398 e. The molecule has 0 saturated carbocycles. The molecule has 34 heavy (non-hydrogen) atoms. The molecule has 0 aliphatic carbocycles. The Kier molecular flexibility index (Phi) is 4.74. The van der Waals surface area contributed by atoms with Gasteiger partial charge < -0.3 is 29.7 Å². The molecule has 4 N–H and O–H groups in total. The Morgan fingerprint density at radius 1 is 1.24 bits per heavy atom. The molecule has 0 radical (unpaired) electrons. The molecule has 2 fully saturated rings. The van der Waals surface area contributed by atoms with Crippen molar-refractivity contribution in [2.45, 2.75) is 76.0 Å². The second-order valence-corrected chi connectivity index (χ2v) is 16.4. The van der Waals surface area contributed by atoms with Crippen molar-refractivity contribution in [1.82, 2.24) is 14.5 Å². The van der Waals surface area contributed by atoms with Gasteiger partial charge in [0.05, 0.1) is 18.6 Å². The van der Waals surface area contributed by atoms with Crippen LogP contribution in [0.1, 0.15) is 54.0 Å². The fourth-order valence-corrected chi connectivity index (χ4v) is 11.0. The maximum absolute atomic E-state index is 12.2. The summed E-state index contributed by atoms with van der Waals surface area (Å²) in [6, 6.07) is 0. The third-order valence-electron chi connectivity index (χ3n) is 7.27. The number of hydrogen-bond donors (Lipinski definition) is 3. The van der Waals surface area contributed by atoms with E-state index >= 15 is 0 Å². The number of aromatic nitrogens is 3. The maximum Gasteiger partial charge on any atom is 0.351 e. The number of nitrogens with one attached hydrogen (secondary N) is 1. The van der Waals surface area contributed by atoms with Crippen LogP contribution in [-0.4, -0.2) is 59.0 Å². The van der Waals surface area contributed by atoms with Gasteiger partial charge in [-0.15, -0.1) is 0 Å². The lowest BCUT2D eigenvalue weighted by molar-refractivity contribution is -0.212. The zero-order valence-corrected chi connectivity index (χ0v) is 21.7. The molecular weight excluding hydrogens is 454 g/mol. The molecule has 0 aromatic carbocycles. The molecule has 2 aromatic heterocycles. The Labute approximate surface area is 199 Å². The molecule has 5 rings (SSSR count). The molecule has 3 aliphatic heterocycles. The van der Waals surface area contributed by atoms with E-state index in [4.69, 9.17) is 19.3 Å². The molecule has 3 unspecified atom stereocenters. The monoisotopic (exact) mass is 487 g/mol. The van der Waals surface area contributed by atoms with Gasteiger partial charge in [0, 0.05) is 33.6 Å². The smallest absolute Gasteiger partial charge is 0.351 e. The SMILES string of the molecule is CC1(O)COC2CO[Si](C(C)(C)C)(C(C)(C)C)OC21n1cc2c3c(ncnc31)NC(=O)C=C2N. The van der Waals surface area contributed by atoms with E-state index in [1.807, 2.05) is 4.57 Å². The zero-order valence-electron chi connectivity index (χ0n) is 20.7. The van der Waals surface area contributed by atoms with Crippen LogP contribution in [0, 0.1) is 0 Å². The fourth-order valence-electron chi connectivity index (χ4n) is 5.93. The highest BCUT2D eigenvalue weighted by Crippen LogP contribution is 2.60. The first kappa shape index (κ1) is 23.4. The van der Waals surface area contributed by atoms with Gasteiger partial charge in [-0.2, -0.15) is 0 Å². The molecule has 3 aliphatic rings. The van der Waals surface area contributed by atoms with Gasteiger partial charge in [-0.3, -0.25) is 9.36 Å². The van der Waals surface area contributed by atoms with E-state index in [0.29, 0.717) is 22.4 Å². The topological polar surface area (TPSA) is 134 Å². The van der Waals surface area contributed by atoms with Gasteiger partial charge in [-0.25, -0.2) is 9.97 Å². The lowest BCUT2D eigenvalue weighted by Gasteiger charge is -2.59. The average molecular weight is 488 g/mol. The minimum atomic E-state index is -3.06. The van der Waals surface area contributed by atoms with Gasteiger partial charge in [-0.1, -0.05) is 41.5 Å². The Hall–Kier alpha value is -2.31. The molecule has 3 atom stereocenters. The summed E-state index contributed by atoms with van der Waals surface area (Å²) in [7, 11) is -3.06. The molecule has 2 saturated heterocycles. The van der Waals surface area contributed by atoms with Gasteiger partial charge in [-0.05, 0) is 6.92 Å². The summed E-state index contributed by atoms with van der Waals surface area (Å²) < 4.78 is 21.8. The van der Waals surface area contributed by atoms with Crippen molar-refractivity contribution in [3.8, 4) is 0 Å². The molecule has 10 nitrogen and oxygen atoms in total. The molecule has 184 valence electrons. The average Bonchev–Trinajstić information content (AvgIpc) is 3.18. The number of carbonyl (C=O) groups excluding carboxylic acids is 1. The lowest BCUT2D eigenvalue weighted by Crippen LogP contribution is -2.73. The minimum Gasteiger partial charge on any atom is -0.398 e. The van der Waals surface area contributed by atoms with Crippen molar-refractivity contribution in [3.63, 3.8) is 0 Å². The van der Waals surface area contributed by atoms with E-state index < -0.39 is 26.0 Å². The normalized spacial score (nSPS) is 31.1. The van der Waals surface area contributed by atoms with E-state index in [2.05, 4.69) is 56.8 Å². The Morgan fingerprint density at radius 3 is 2.56 bits per heavy atom. The summed E-state index contributed by atoms with van der Waals surface area (Å²) >= 11 is 0. The van der Waals surface area contributed by atoms with Crippen molar-refractivity contribution in [3.05, 3.63) is 24.2 Å². The number of amides is 1. The van der Waals surface area contributed by atoms with Gasteiger partial charge >= 0.3 is 8.56 Å². The van der Waals surface area contributed by atoms with Crippen LogP contribution in [0.25, 0.3) is 16.7 Å². The maximum atomic E-state index is 12.2. The van der Waals surface area contributed by atoms with Gasteiger partial charge in [0.2, 0.25) is 0 Å². The number of nitrogens with two attached hydrogens (primary N) is 1. The van der Waals surface area contributed by atoms with E-state index in [-0.39, 0.29) is 34.9 Å². The number of nitrogens with zero attached hydrogens (tertiary/aromatic N) is 3. The molecule has 2 aromatic rings. The van der Waals surface area contributed by atoms with Gasteiger partial charge in [0.25, 0.3) is 5.91 Å². The summed E-state index contributed by atoms with van der Waals surface area (Å²) in [5, 5.41) is 14.6. The fraction of sp³-hybridized carbons (Fsp3) is 0.609. The van der Waals surface area contributed by atoms with E-state index in [1.54, 1.807) is 13.1 Å². The minimum absolute atomic E-state index is 0.0643. The van der Waals surface area contributed by atoms with Crippen molar-refractivity contribution in [2.24, 2.45) is 5.73 Å². The number of anilines is 1. The molecule has 11 heteroatoms. The van der Waals surface area contributed by atoms with Crippen LogP contribution >= 0.6 is 0 Å². The Bertz CT molecular complexity index is 1210. The van der Waals surface area contributed by atoms with E-state index in [9.17, 15) is 9.90 Å². The first-order valence-corrected chi connectivity index (χ1v) is 13.3. The van der Waals surface area contributed by atoms with Crippen molar-refractivity contribution in [2.75, 3.05) is 18.5 Å².